The van der Waals surface area contributed by atoms with E-state index in [1.807, 2.05) is 6.08 Å². The van der Waals surface area contributed by atoms with E-state index in [0.717, 1.165) is 43.6 Å². The van der Waals surface area contributed by atoms with Gasteiger partial charge in [0.25, 0.3) is 0 Å². The van der Waals surface area contributed by atoms with Gasteiger partial charge in [-0.05, 0) is 38.2 Å². The van der Waals surface area contributed by atoms with Gasteiger partial charge in [0.15, 0.2) is 0 Å². The van der Waals surface area contributed by atoms with Crippen LogP contribution in [0.25, 0.3) is 0 Å². The lowest BCUT2D eigenvalue weighted by atomic mass is 10.1. The van der Waals surface area contributed by atoms with Crippen molar-refractivity contribution in [2.45, 2.75) is 77.6 Å². The number of carbonyl (C=O) groups is 1. The smallest absolute Gasteiger partial charge is 0.303 e. The van der Waals surface area contributed by atoms with Gasteiger partial charge in [-0.15, -0.1) is 0 Å². The molecule has 0 saturated heterocycles. The Morgan fingerprint density at radius 1 is 1.00 bits per heavy atom. The van der Waals surface area contributed by atoms with Crippen LogP contribution in [0.2, 0.25) is 0 Å². The third-order valence-electron chi connectivity index (χ3n) is 3.19. The maximum absolute atomic E-state index is 10.3. The molecule has 0 heterocycles. The van der Waals surface area contributed by atoms with Crippen molar-refractivity contribution in [1.29, 1.82) is 0 Å². The minimum atomic E-state index is -0.687. The third-order valence-corrected chi connectivity index (χ3v) is 3.47. The molecule has 20 heavy (non-hydrogen) atoms. The highest BCUT2D eigenvalue weighted by atomic mass is 35.5. The summed E-state index contributed by atoms with van der Waals surface area (Å²) in [5.41, 5.74) is 0. The van der Waals surface area contributed by atoms with Crippen LogP contribution in [0.5, 0.6) is 0 Å². The van der Waals surface area contributed by atoms with Gasteiger partial charge in [-0.1, -0.05) is 62.8 Å². The van der Waals surface area contributed by atoms with E-state index in [-0.39, 0.29) is 0 Å². The van der Waals surface area contributed by atoms with E-state index in [9.17, 15) is 4.79 Å². The second kappa shape index (κ2) is 14.6. The molecule has 0 aliphatic carbocycles. The summed E-state index contributed by atoms with van der Waals surface area (Å²) < 4.78 is 0. The molecule has 0 radical (unpaired) electrons. The lowest BCUT2D eigenvalue weighted by molar-refractivity contribution is -0.137. The molecular formula is C17H29ClO2. The van der Waals surface area contributed by atoms with E-state index in [0.29, 0.717) is 6.42 Å². The van der Waals surface area contributed by atoms with E-state index in [1.165, 1.54) is 25.7 Å². The fourth-order valence-corrected chi connectivity index (χ4v) is 2.17. The lowest BCUT2D eigenvalue weighted by Crippen LogP contribution is -1.93. The Morgan fingerprint density at radius 3 is 2.35 bits per heavy atom. The van der Waals surface area contributed by atoms with Crippen molar-refractivity contribution in [2.75, 3.05) is 0 Å². The number of hydrogen-bond acceptors (Lipinski definition) is 1. The molecule has 0 aliphatic heterocycles. The summed E-state index contributed by atoms with van der Waals surface area (Å²) >= 11 is 6.09. The predicted octanol–water partition coefficient (Wildman–Crippen LogP) is 6.06. The van der Waals surface area contributed by atoms with Gasteiger partial charge in [0.1, 0.15) is 0 Å². The average molecular weight is 301 g/mol. The molecule has 0 aliphatic rings. The van der Waals surface area contributed by atoms with Gasteiger partial charge < -0.3 is 5.11 Å². The fourth-order valence-electron chi connectivity index (χ4n) is 1.97. The van der Waals surface area contributed by atoms with Crippen molar-refractivity contribution in [3.8, 4) is 0 Å². The number of unbranched alkanes of at least 4 members (excludes halogenated alkanes) is 8. The minimum Gasteiger partial charge on any atom is -0.481 e. The number of carboxylic acids is 1. The van der Waals surface area contributed by atoms with Gasteiger partial charge in [0.2, 0.25) is 0 Å². The molecule has 2 nitrogen and oxygen atoms in total. The molecule has 0 atom stereocenters. The van der Waals surface area contributed by atoms with E-state index in [1.54, 1.807) is 0 Å². The predicted molar refractivity (Wildman–Crippen MR) is 87.2 cm³/mol. The highest BCUT2D eigenvalue weighted by molar-refractivity contribution is 6.31. The minimum absolute atomic E-state index is 0.304. The lowest BCUT2D eigenvalue weighted by Gasteiger charge is -1.98. The van der Waals surface area contributed by atoms with Gasteiger partial charge in [-0.2, -0.15) is 0 Å². The molecule has 1 N–H and O–H groups in total. The second-order valence-corrected chi connectivity index (χ2v) is 5.62. The standard InChI is InChI=1S/C17H29ClO2/c1-2-3-4-10-13-16(18)14-11-8-6-5-7-9-12-15-17(19)20/h11,13-14H,2-10,12,15H2,1H3,(H,19,20)/b14-11+,16-13+. The molecule has 3 heteroatoms. The zero-order valence-corrected chi connectivity index (χ0v) is 13.5. The van der Waals surface area contributed by atoms with E-state index in [4.69, 9.17) is 16.7 Å². The van der Waals surface area contributed by atoms with Gasteiger partial charge in [0, 0.05) is 11.5 Å². The summed E-state index contributed by atoms with van der Waals surface area (Å²) in [4.78, 5) is 10.3. The highest BCUT2D eigenvalue weighted by Crippen LogP contribution is 2.11. The summed E-state index contributed by atoms with van der Waals surface area (Å²) in [6.45, 7) is 2.20. The van der Waals surface area contributed by atoms with E-state index < -0.39 is 5.97 Å². The topological polar surface area (TPSA) is 37.3 Å². The molecule has 0 saturated carbocycles. The van der Waals surface area contributed by atoms with Crippen LogP contribution < -0.4 is 0 Å². The highest BCUT2D eigenvalue weighted by Gasteiger charge is 1.95. The zero-order valence-electron chi connectivity index (χ0n) is 12.7. The first kappa shape index (κ1) is 19.2. The molecule has 0 fully saturated rings. The molecule has 0 rings (SSSR count). The van der Waals surface area contributed by atoms with Gasteiger partial charge in [0.05, 0.1) is 0 Å². The molecule has 0 amide bonds. The van der Waals surface area contributed by atoms with Crippen LogP contribution >= 0.6 is 11.6 Å². The van der Waals surface area contributed by atoms with Crippen molar-refractivity contribution in [3.05, 3.63) is 23.3 Å². The van der Waals surface area contributed by atoms with Crippen LogP contribution in [-0.4, -0.2) is 11.1 Å². The number of carboxylic acid groups (broad SMARTS) is 1. The van der Waals surface area contributed by atoms with Crippen molar-refractivity contribution in [1.82, 2.24) is 0 Å². The molecule has 0 unspecified atom stereocenters. The van der Waals surface area contributed by atoms with Crippen molar-refractivity contribution in [2.24, 2.45) is 0 Å². The Balaban J connectivity index is 3.40. The first-order chi connectivity index (χ1) is 9.66. The zero-order chi connectivity index (χ0) is 15.1. The number of halogens is 1. The van der Waals surface area contributed by atoms with Crippen molar-refractivity contribution >= 4 is 17.6 Å². The molecule has 116 valence electrons. The fraction of sp³-hybridized carbons (Fsp3) is 0.706. The van der Waals surface area contributed by atoms with Crippen LogP contribution in [-0.2, 0) is 4.79 Å². The summed E-state index contributed by atoms with van der Waals surface area (Å²) in [6, 6.07) is 0. The van der Waals surface area contributed by atoms with E-state index in [2.05, 4.69) is 19.1 Å². The van der Waals surface area contributed by atoms with Crippen LogP contribution in [0.3, 0.4) is 0 Å². The molecule has 0 aromatic heterocycles. The largest absolute Gasteiger partial charge is 0.481 e. The van der Waals surface area contributed by atoms with Crippen LogP contribution in [0.15, 0.2) is 23.3 Å². The summed E-state index contributed by atoms with van der Waals surface area (Å²) in [7, 11) is 0. The van der Waals surface area contributed by atoms with Crippen LogP contribution in [0, 0.1) is 0 Å². The first-order valence-corrected chi connectivity index (χ1v) is 8.28. The van der Waals surface area contributed by atoms with Crippen LogP contribution in [0.4, 0.5) is 0 Å². The number of rotatable bonds is 13. The first-order valence-electron chi connectivity index (χ1n) is 7.90. The quantitative estimate of drug-likeness (QED) is 0.331. The SMILES string of the molecule is CCCCC/C=C(Cl)\C=C\CCCCCCCC(=O)O. The molecule has 0 spiro atoms. The maximum Gasteiger partial charge on any atom is 0.303 e. The molecule has 0 bridgehead atoms. The summed E-state index contributed by atoms with van der Waals surface area (Å²) in [5.74, 6) is -0.687. The van der Waals surface area contributed by atoms with Crippen LogP contribution in [0.1, 0.15) is 77.6 Å². The monoisotopic (exact) mass is 300 g/mol. The van der Waals surface area contributed by atoms with E-state index >= 15 is 0 Å². The third kappa shape index (κ3) is 15.3. The van der Waals surface area contributed by atoms with Gasteiger partial charge >= 0.3 is 5.97 Å². The Hall–Kier alpha value is -0.760. The van der Waals surface area contributed by atoms with Gasteiger partial charge in [-0.25, -0.2) is 0 Å². The Bertz CT molecular complexity index is 295. The second-order valence-electron chi connectivity index (χ2n) is 5.19. The molecule has 0 aromatic rings. The number of hydrogen-bond donors (Lipinski definition) is 1. The Kier molecular flexibility index (Phi) is 14.1. The molecular weight excluding hydrogens is 272 g/mol. The summed E-state index contributed by atoms with van der Waals surface area (Å²) in [6.07, 6.45) is 17.7. The maximum atomic E-state index is 10.3. The average Bonchev–Trinajstić information content (AvgIpc) is 2.41. The number of aliphatic carboxylic acids is 1. The summed E-state index contributed by atoms with van der Waals surface area (Å²) in [5, 5.41) is 9.35. The Morgan fingerprint density at radius 2 is 1.65 bits per heavy atom. The van der Waals surface area contributed by atoms with Crippen molar-refractivity contribution < 1.29 is 9.90 Å². The Labute approximate surface area is 128 Å². The normalized spacial score (nSPS) is 12.2. The molecule has 0 aromatic carbocycles. The van der Waals surface area contributed by atoms with Gasteiger partial charge in [-0.3, -0.25) is 4.79 Å². The van der Waals surface area contributed by atoms with Crippen molar-refractivity contribution in [3.63, 3.8) is 0 Å². The number of allylic oxidation sites excluding steroid dienone is 4.